The highest BCUT2D eigenvalue weighted by molar-refractivity contribution is 14.1. The third kappa shape index (κ3) is 7.55. The van der Waals surface area contributed by atoms with Gasteiger partial charge in [0.15, 0.2) is 0 Å². The molecule has 0 radical (unpaired) electrons. The van der Waals surface area contributed by atoms with Crippen molar-refractivity contribution in [2.75, 3.05) is 13.2 Å². The number of aliphatic hydroxyl groups is 1. The van der Waals surface area contributed by atoms with E-state index in [-0.39, 0.29) is 15.4 Å². The molecule has 0 aliphatic rings. The second kappa shape index (κ2) is 11.0. The summed E-state index contributed by atoms with van der Waals surface area (Å²) in [7, 11) is 0. The van der Waals surface area contributed by atoms with Crippen molar-refractivity contribution in [2.45, 2.75) is 67.1 Å². The van der Waals surface area contributed by atoms with E-state index in [0.29, 0.717) is 28.2 Å². The predicted molar refractivity (Wildman–Crippen MR) is 132 cm³/mol. The van der Waals surface area contributed by atoms with Gasteiger partial charge in [-0.1, -0.05) is 117 Å². The molecular weight excluding hydrogens is 548 g/mol. The standard InChI is InChI=1S/C22H37I2NO/c1-6-19(17(15-26)12-22(4,5)24)21(2,3)13-18(20(23)14-25)16-10-8-7-9-11-16/h7-11,17-20,26H,6,12-15,25H2,1-5H3. The van der Waals surface area contributed by atoms with E-state index in [1.807, 2.05) is 0 Å². The molecule has 150 valence electrons. The van der Waals surface area contributed by atoms with E-state index >= 15 is 0 Å². The fraction of sp³-hybridized carbons (Fsp3) is 0.727. The Kier molecular flexibility index (Phi) is 10.4. The Bertz CT molecular complexity index is 513. The summed E-state index contributed by atoms with van der Waals surface area (Å²) >= 11 is 5.04. The van der Waals surface area contributed by atoms with E-state index in [1.165, 1.54) is 5.56 Å². The minimum absolute atomic E-state index is 0.142. The van der Waals surface area contributed by atoms with Crippen LogP contribution in [0.2, 0.25) is 0 Å². The van der Waals surface area contributed by atoms with Crippen molar-refractivity contribution in [1.29, 1.82) is 0 Å². The molecule has 26 heavy (non-hydrogen) atoms. The summed E-state index contributed by atoms with van der Waals surface area (Å²) in [6.07, 6.45) is 3.24. The van der Waals surface area contributed by atoms with Gasteiger partial charge in [-0.05, 0) is 41.6 Å². The lowest BCUT2D eigenvalue weighted by atomic mass is 9.64. The Hall–Kier alpha value is 0.600. The summed E-state index contributed by atoms with van der Waals surface area (Å²) in [5.41, 5.74) is 7.58. The molecule has 0 saturated carbocycles. The summed E-state index contributed by atoms with van der Waals surface area (Å²) in [6, 6.07) is 10.8. The number of benzene rings is 1. The van der Waals surface area contributed by atoms with Crippen LogP contribution in [-0.2, 0) is 0 Å². The highest BCUT2D eigenvalue weighted by atomic mass is 127. The van der Waals surface area contributed by atoms with Crippen LogP contribution >= 0.6 is 45.2 Å². The van der Waals surface area contributed by atoms with E-state index in [2.05, 4.69) is 110 Å². The molecule has 1 aromatic rings. The second-order valence-corrected chi connectivity index (χ2v) is 13.4. The van der Waals surface area contributed by atoms with Crippen LogP contribution in [0.4, 0.5) is 0 Å². The Morgan fingerprint density at radius 1 is 1.08 bits per heavy atom. The molecule has 0 fully saturated rings. The first kappa shape index (κ1) is 24.6. The number of halogens is 2. The second-order valence-electron chi connectivity index (χ2n) is 8.84. The molecule has 0 aliphatic carbocycles. The first-order chi connectivity index (χ1) is 12.1. The third-order valence-corrected chi connectivity index (χ3v) is 7.45. The number of aliphatic hydroxyl groups excluding tert-OH is 1. The maximum absolute atomic E-state index is 10.1. The van der Waals surface area contributed by atoms with Crippen LogP contribution < -0.4 is 5.73 Å². The molecule has 4 atom stereocenters. The smallest absolute Gasteiger partial charge is 0.0462 e. The lowest BCUT2D eigenvalue weighted by Gasteiger charge is -2.43. The molecule has 0 aromatic heterocycles. The molecule has 2 nitrogen and oxygen atoms in total. The molecule has 0 saturated heterocycles. The monoisotopic (exact) mass is 585 g/mol. The van der Waals surface area contributed by atoms with Gasteiger partial charge in [-0.3, -0.25) is 0 Å². The summed E-state index contributed by atoms with van der Waals surface area (Å²) in [5, 5.41) is 10.1. The minimum atomic E-state index is 0.142. The topological polar surface area (TPSA) is 46.2 Å². The van der Waals surface area contributed by atoms with Gasteiger partial charge in [0.05, 0.1) is 0 Å². The largest absolute Gasteiger partial charge is 0.396 e. The van der Waals surface area contributed by atoms with Crippen LogP contribution in [0.25, 0.3) is 0 Å². The number of nitrogens with two attached hydrogens (primary N) is 1. The molecule has 0 aliphatic heterocycles. The number of hydrogen-bond acceptors (Lipinski definition) is 2. The Morgan fingerprint density at radius 2 is 1.65 bits per heavy atom. The Balaban J connectivity index is 3.09. The molecule has 0 amide bonds. The molecule has 0 heterocycles. The van der Waals surface area contributed by atoms with Crippen molar-refractivity contribution in [1.82, 2.24) is 0 Å². The zero-order valence-corrected chi connectivity index (χ0v) is 21.3. The third-order valence-electron chi connectivity index (χ3n) is 5.63. The fourth-order valence-electron chi connectivity index (χ4n) is 4.52. The molecule has 0 bridgehead atoms. The average Bonchev–Trinajstić information content (AvgIpc) is 2.58. The van der Waals surface area contributed by atoms with Gasteiger partial charge in [0, 0.05) is 20.5 Å². The van der Waals surface area contributed by atoms with Gasteiger partial charge in [-0.15, -0.1) is 0 Å². The van der Waals surface area contributed by atoms with E-state index in [0.717, 1.165) is 19.3 Å². The maximum atomic E-state index is 10.1. The summed E-state index contributed by atoms with van der Waals surface area (Å²) in [5.74, 6) is 1.27. The summed E-state index contributed by atoms with van der Waals surface area (Å²) < 4.78 is 0.622. The van der Waals surface area contributed by atoms with Crippen molar-refractivity contribution in [3.8, 4) is 0 Å². The number of hydrogen-bond donors (Lipinski definition) is 2. The van der Waals surface area contributed by atoms with Crippen LogP contribution in [0, 0.1) is 17.3 Å². The first-order valence-electron chi connectivity index (χ1n) is 9.74. The van der Waals surface area contributed by atoms with E-state index in [1.54, 1.807) is 0 Å². The normalized spacial score (nSPS) is 17.6. The van der Waals surface area contributed by atoms with Crippen molar-refractivity contribution in [3.63, 3.8) is 0 Å². The average molecular weight is 585 g/mol. The van der Waals surface area contributed by atoms with Gasteiger partial charge in [0.2, 0.25) is 0 Å². The molecule has 0 spiro atoms. The molecule has 3 N–H and O–H groups in total. The van der Waals surface area contributed by atoms with Crippen molar-refractivity contribution in [2.24, 2.45) is 23.0 Å². The first-order valence-corrected chi connectivity index (χ1v) is 12.1. The van der Waals surface area contributed by atoms with Crippen molar-refractivity contribution in [3.05, 3.63) is 35.9 Å². The van der Waals surface area contributed by atoms with Gasteiger partial charge < -0.3 is 10.8 Å². The van der Waals surface area contributed by atoms with Gasteiger partial charge in [-0.25, -0.2) is 0 Å². The predicted octanol–water partition coefficient (Wildman–Crippen LogP) is 6.19. The minimum Gasteiger partial charge on any atom is -0.396 e. The van der Waals surface area contributed by atoms with Crippen molar-refractivity contribution < 1.29 is 5.11 Å². The Morgan fingerprint density at radius 3 is 2.08 bits per heavy atom. The zero-order chi connectivity index (χ0) is 20.0. The molecule has 4 heteroatoms. The van der Waals surface area contributed by atoms with Crippen LogP contribution in [-0.4, -0.2) is 25.6 Å². The van der Waals surface area contributed by atoms with Gasteiger partial charge in [0.25, 0.3) is 0 Å². The van der Waals surface area contributed by atoms with Crippen LogP contribution in [0.15, 0.2) is 30.3 Å². The lowest BCUT2D eigenvalue weighted by Crippen LogP contribution is -2.37. The quantitative estimate of drug-likeness (QED) is 0.241. The SMILES string of the molecule is CCC(C(CO)CC(C)(C)I)C(C)(C)CC(c1ccccc1)C(I)CN. The highest BCUT2D eigenvalue weighted by Crippen LogP contribution is 2.47. The van der Waals surface area contributed by atoms with E-state index in [9.17, 15) is 5.11 Å². The molecule has 1 aromatic carbocycles. The molecule has 4 unspecified atom stereocenters. The maximum Gasteiger partial charge on any atom is 0.0462 e. The number of rotatable bonds is 11. The van der Waals surface area contributed by atoms with E-state index < -0.39 is 0 Å². The molecule has 1 rings (SSSR count). The highest BCUT2D eigenvalue weighted by Gasteiger charge is 2.39. The van der Waals surface area contributed by atoms with Gasteiger partial charge in [0.1, 0.15) is 0 Å². The summed E-state index contributed by atoms with van der Waals surface area (Å²) in [6.45, 7) is 12.5. The molecular formula is C22H37I2NO. The lowest BCUT2D eigenvalue weighted by molar-refractivity contribution is 0.0621. The van der Waals surface area contributed by atoms with Gasteiger partial charge >= 0.3 is 0 Å². The number of alkyl halides is 2. The van der Waals surface area contributed by atoms with Crippen LogP contribution in [0.3, 0.4) is 0 Å². The van der Waals surface area contributed by atoms with Crippen LogP contribution in [0.1, 0.15) is 65.4 Å². The van der Waals surface area contributed by atoms with E-state index in [4.69, 9.17) is 5.73 Å². The Labute approximate surface area is 188 Å². The van der Waals surface area contributed by atoms with Crippen molar-refractivity contribution >= 4 is 45.2 Å². The van der Waals surface area contributed by atoms with Gasteiger partial charge in [-0.2, -0.15) is 0 Å². The van der Waals surface area contributed by atoms with Crippen LogP contribution in [0.5, 0.6) is 0 Å². The summed E-state index contributed by atoms with van der Waals surface area (Å²) in [4.78, 5) is 0. The zero-order valence-electron chi connectivity index (χ0n) is 17.0. The fourth-order valence-corrected chi connectivity index (χ4v) is 5.75.